The van der Waals surface area contributed by atoms with Crippen molar-refractivity contribution >= 4 is 23.2 Å². The van der Waals surface area contributed by atoms with Gasteiger partial charge in [0, 0.05) is 24.4 Å². The minimum absolute atomic E-state index is 0.0696. The second-order valence-corrected chi connectivity index (χ2v) is 4.93. The van der Waals surface area contributed by atoms with E-state index in [4.69, 9.17) is 10.8 Å². The third kappa shape index (κ3) is 4.80. The summed E-state index contributed by atoms with van der Waals surface area (Å²) in [5.41, 5.74) is 5.79. The van der Waals surface area contributed by atoms with E-state index in [9.17, 15) is 9.59 Å². The summed E-state index contributed by atoms with van der Waals surface area (Å²) in [6.07, 6.45) is 1.29. The van der Waals surface area contributed by atoms with E-state index >= 15 is 0 Å². The van der Waals surface area contributed by atoms with Crippen LogP contribution in [0.2, 0.25) is 0 Å². The maximum atomic E-state index is 11.8. The van der Waals surface area contributed by atoms with Crippen molar-refractivity contribution < 1.29 is 14.7 Å². The molecular formula is C11H17N3O3S. The molecule has 0 radical (unpaired) electrons. The quantitative estimate of drug-likeness (QED) is 0.685. The topological polar surface area (TPSA) is 105 Å². The molecule has 0 aliphatic rings. The molecule has 100 valence electrons. The van der Waals surface area contributed by atoms with Crippen LogP contribution in [0.1, 0.15) is 41.7 Å². The number of carbonyl (C=O) groups is 2. The number of nitrogens with two attached hydrogens (primary N) is 1. The van der Waals surface area contributed by atoms with Gasteiger partial charge in [0.05, 0.1) is 0 Å². The highest BCUT2D eigenvalue weighted by molar-refractivity contribution is 7.09. The standard InChI is InChI=1S/C11H17N3O3S/c1-7(3-2-4-10(15)16)13-11(17)8-6-18-9(5-12)14-8/h6-7H,2-5,12H2,1H3,(H,13,17)(H,15,16). The summed E-state index contributed by atoms with van der Waals surface area (Å²) in [5, 5.41) is 13.7. The Balaban J connectivity index is 2.37. The Hall–Kier alpha value is -1.47. The van der Waals surface area contributed by atoms with Crippen LogP contribution in [0.15, 0.2) is 5.38 Å². The predicted molar refractivity (Wildman–Crippen MR) is 68.4 cm³/mol. The van der Waals surface area contributed by atoms with E-state index in [0.29, 0.717) is 25.1 Å². The fourth-order valence-corrected chi connectivity index (χ4v) is 2.09. The molecule has 0 spiro atoms. The van der Waals surface area contributed by atoms with E-state index < -0.39 is 5.97 Å². The van der Waals surface area contributed by atoms with Gasteiger partial charge in [-0.05, 0) is 19.8 Å². The number of aliphatic carboxylic acids is 1. The van der Waals surface area contributed by atoms with Crippen LogP contribution < -0.4 is 11.1 Å². The average Bonchev–Trinajstić information content (AvgIpc) is 2.76. The summed E-state index contributed by atoms with van der Waals surface area (Å²) < 4.78 is 0. The zero-order chi connectivity index (χ0) is 13.5. The normalized spacial score (nSPS) is 12.1. The molecule has 1 unspecified atom stereocenters. The van der Waals surface area contributed by atoms with E-state index in [1.807, 2.05) is 6.92 Å². The van der Waals surface area contributed by atoms with Crippen LogP contribution in [-0.4, -0.2) is 28.0 Å². The Bertz CT molecular complexity index is 419. The van der Waals surface area contributed by atoms with Gasteiger partial charge in [-0.25, -0.2) is 4.98 Å². The third-order valence-electron chi connectivity index (χ3n) is 2.36. The monoisotopic (exact) mass is 271 g/mol. The van der Waals surface area contributed by atoms with Gasteiger partial charge in [0.1, 0.15) is 10.7 Å². The Morgan fingerprint density at radius 1 is 1.61 bits per heavy atom. The summed E-state index contributed by atoms with van der Waals surface area (Å²) >= 11 is 1.35. The van der Waals surface area contributed by atoms with Crippen LogP contribution in [0.5, 0.6) is 0 Å². The number of amides is 1. The van der Waals surface area contributed by atoms with Crippen LogP contribution in [0.4, 0.5) is 0 Å². The van der Waals surface area contributed by atoms with Gasteiger partial charge in [-0.3, -0.25) is 9.59 Å². The average molecular weight is 271 g/mol. The fourth-order valence-electron chi connectivity index (χ4n) is 1.44. The van der Waals surface area contributed by atoms with E-state index in [1.54, 1.807) is 5.38 Å². The van der Waals surface area contributed by atoms with Gasteiger partial charge in [-0.1, -0.05) is 0 Å². The number of rotatable bonds is 7. The fraction of sp³-hybridized carbons (Fsp3) is 0.545. The van der Waals surface area contributed by atoms with E-state index in [2.05, 4.69) is 10.3 Å². The summed E-state index contributed by atoms with van der Waals surface area (Å²) in [5.74, 6) is -1.06. The first-order valence-corrected chi connectivity index (χ1v) is 6.58. The van der Waals surface area contributed by atoms with Crippen LogP contribution in [0, 0.1) is 0 Å². The minimum Gasteiger partial charge on any atom is -0.481 e. The molecule has 0 aliphatic heterocycles. The van der Waals surface area contributed by atoms with Crippen molar-refractivity contribution in [2.24, 2.45) is 5.73 Å². The highest BCUT2D eigenvalue weighted by atomic mass is 32.1. The Morgan fingerprint density at radius 3 is 2.89 bits per heavy atom. The number of hydrogen-bond donors (Lipinski definition) is 3. The molecule has 0 bridgehead atoms. The van der Waals surface area contributed by atoms with Crippen molar-refractivity contribution in [3.05, 3.63) is 16.1 Å². The van der Waals surface area contributed by atoms with Crippen molar-refractivity contribution in [2.45, 2.75) is 38.8 Å². The second kappa shape index (κ2) is 7.07. The first-order valence-electron chi connectivity index (χ1n) is 5.70. The molecule has 1 heterocycles. The van der Waals surface area contributed by atoms with E-state index in [0.717, 1.165) is 5.01 Å². The minimum atomic E-state index is -0.819. The molecule has 7 heteroatoms. The number of aromatic nitrogens is 1. The maximum Gasteiger partial charge on any atom is 0.303 e. The Labute approximate surface area is 109 Å². The maximum absolute atomic E-state index is 11.8. The molecule has 1 atom stereocenters. The molecule has 1 rings (SSSR count). The molecule has 0 aromatic carbocycles. The van der Waals surface area contributed by atoms with Crippen LogP contribution >= 0.6 is 11.3 Å². The molecule has 0 saturated carbocycles. The SMILES string of the molecule is CC(CCCC(=O)O)NC(=O)c1csc(CN)n1. The lowest BCUT2D eigenvalue weighted by molar-refractivity contribution is -0.137. The number of thiazole rings is 1. The van der Waals surface area contributed by atoms with Crippen molar-refractivity contribution in [3.63, 3.8) is 0 Å². The predicted octanol–water partition coefficient (Wildman–Crippen LogP) is 0.975. The van der Waals surface area contributed by atoms with Gasteiger partial charge in [0.15, 0.2) is 0 Å². The first-order chi connectivity index (χ1) is 8.52. The van der Waals surface area contributed by atoms with Crippen LogP contribution in [-0.2, 0) is 11.3 Å². The Morgan fingerprint density at radius 2 is 2.33 bits per heavy atom. The van der Waals surface area contributed by atoms with Crippen LogP contribution in [0.3, 0.4) is 0 Å². The largest absolute Gasteiger partial charge is 0.481 e. The smallest absolute Gasteiger partial charge is 0.303 e. The second-order valence-electron chi connectivity index (χ2n) is 3.99. The first kappa shape index (κ1) is 14.6. The zero-order valence-electron chi connectivity index (χ0n) is 10.2. The number of carboxylic acid groups (broad SMARTS) is 1. The number of carboxylic acids is 1. The van der Waals surface area contributed by atoms with Gasteiger partial charge < -0.3 is 16.2 Å². The number of nitrogens with zero attached hydrogens (tertiary/aromatic N) is 1. The zero-order valence-corrected chi connectivity index (χ0v) is 11.0. The summed E-state index contributed by atoms with van der Waals surface area (Å²) in [6, 6.07) is -0.0696. The van der Waals surface area contributed by atoms with E-state index in [1.165, 1.54) is 11.3 Å². The lowest BCUT2D eigenvalue weighted by atomic mass is 10.1. The van der Waals surface area contributed by atoms with Gasteiger partial charge in [0.25, 0.3) is 5.91 Å². The lowest BCUT2D eigenvalue weighted by Crippen LogP contribution is -2.32. The van der Waals surface area contributed by atoms with Gasteiger partial charge in [-0.15, -0.1) is 11.3 Å². The van der Waals surface area contributed by atoms with Crippen molar-refractivity contribution in [2.75, 3.05) is 0 Å². The van der Waals surface area contributed by atoms with Crippen molar-refractivity contribution in [1.82, 2.24) is 10.3 Å². The van der Waals surface area contributed by atoms with Gasteiger partial charge in [0.2, 0.25) is 0 Å². The highest BCUT2D eigenvalue weighted by Gasteiger charge is 2.13. The molecular weight excluding hydrogens is 254 g/mol. The molecule has 6 nitrogen and oxygen atoms in total. The molecule has 18 heavy (non-hydrogen) atoms. The van der Waals surface area contributed by atoms with Crippen LogP contribution in [0.25, 0.3) is 0 Å². The molecule has 1 aromatic rings. The van der Waals surface area contributed by atoms with E-state index in [-0.39, 0.29) is 18.4 Å². The number of carbonyl (C=O) groups excluding carboxylic acids is 1. The summed E-state index contributed by atoms with van der Waals surface area (Å²) in [7, 11) is 0. The lowest BCUT2D eigenvalue weighted by Gasteiger charge is -2.11. The molecule has 0 fully saturated rings. The summed E-state index contributed by atoms with van der Waals surface area (Å²) in [6.45, 7) is 2.17. The summed E-state index contributed by atoms with van der Waals surface area (Å²) in [4.78, 5) is 26.2. The molecule has 1 aromatic heterocycles. The molecule has 4 N–H and O–H groups in total. The van der Waals surface area contributed by atoms with Crippen molar-refractivity contribution in [1.29, 1.82) is 0 Å². The highest BCUT2D eigenvalue weighted by Crippen LogP contribution is 2.09. The molecule has 0 saturated heterocycles. The number of hydrogen-bond acceptors (Lipinski definition) is 5. The third-order valence-corrected chi connectivity index (χ3v) is 3.24. The Kier molecular flexibility index (Phi) is 5.73. The molecule has 1 amide bonds. The van der Waals surface area contributed by atoms with Crippen molar-refractivity contribution in [3.8, 4) is 0 Å². The van der Waals surface area contributed by atoms with Gasteiger partial charge >= 0.3 is 5.97 Å². The number of nitrogens with one attached hydrogen (secondary N) is 1. The van der Waals surface area contributed by atoms with Gasteiger partial charge in [-0.2, -0.15) is 0 Å². The molecule has 0 aliphatic carbocycles.